The summed E-state index contributed by atoms with van der Waals surface area (Å²) in [6, 6.07) is 26.7. The molecular weight excluding hydrogens is 370 g/mol. The van der Waals surface area contributed by atoms with Gasteiger partial charge in [0.05, 0.1) is 11.4 Å². The monoisotopic (exact) mass is 393 g/mol. The fourth-order valence-electron chi connectivity index (χ4n) is 4.28. The van der Waals surface area contributed by atoms with E-state index in [1.807, 2.05) is 47.1 Å². The second-order valence-electron chi connectivity index (χ2n) is 7.89. The van der Waals surface area contributed by atoms with E-state index in [9.17, 15) is 4.79 Å². The van der Waals surface area contributed by atoms with Crippen molar-refractivity contribution in [3.05, 3.63) is 101 Å². The highest BCUT2D eigenvalue weighted by Gasteiger charge is 2.34. The highest BCUT2D eigenvalue weighted by atomic mass is 16.1. The van der Waals surface area contributed by atoms with Gasteiger partial charge in [-0.15, -0.1) is 0 Å². The molecule has 4 aromatic rings. The molecule has 30 heavy (non-hydrogen) atoms. The molecule has 0 bridgehead atoms. The average Bonchev–Trinajstić information content (AvgIpc) is 3.14. The third kappa shape index (κ3) is 3.11. The van der Waals surface area contributed by atoms with E-state index in [0.717, 1.165) is 28.3 Å². The van der Waals surface area contributed by atoms with Gasteiger partial charge in [-0.1, -0.05) is 72.3 Å². The summed E-state index contributed by atoms with van der Waals surface area (Å²) in [5.41, 5.74) is 7.53. The van der Waals surface area contributed by atoms with Crippen LogP contribution in [0.5, 0.6) is 0 Å². The lowest BCUT2D eigenvalue weighted by Gasteiger charge is -2.26. The predicted octanol–water partition coefficient (Wildman–Crippen LogP) is 5.63. The maximum atomic E-state index is 12.8. The lowest BCUT2D eigenvalue weighted by atomic mass is 9.82. The Morgan fingerprint density at radius 1 is 0.900 bits per heavy atom. The van der Waals surface area contributed by atoms with Gasteiger partial charge in [-0.2, -0.15) is 5.10 Å². The molecule has 1 N–H and O–H groups in total. The first kappa shape index (κ1) is 18.4. The SMILES string of the molecule is Cc1ccc(-n2nc(-c3ccccc3)c3c2NC(=O)C[C@H]3c2ccccc2C)cc1. The molecule has 0 spiro atoms. The quantitative estimate of drug-likeness (QED) is 0.490. The molecular formula is C26H23N3O. The third-order valence-electron chi connectivity index (χ3n) is 5.81. The minimum Gasteiger partial charge on any atom is -0.310 e. The Morgan fingerprint density at radius 3 is 2.33 bits per heavy atom. The minimum absolute atomic E-state index is 0.0172. The zero-order valence-electron chi connectivity index (χ0n) is 17.1. The molecule has 1 atom stereocenters. The summed E-state index contributed by atoms with van der Waals surface area (Å²) in [5.74, 6) is 0.746. The van der Waals surface area contributed by atoms with E-state index in [-0.39, 0.29) is 11.8 Å². The van der Waals surface area contributed by atoms with Gasteiger partial charge in [-0.3, -0.25) is 4.79 Å². The largest absolute Gasteiger partial charge is 0.310 e. The van der Waals surface area contributed by atoms with Crippen molar-refractivity contribution in [2.24, 2.45) is 0 Å². The summed E-state index contributed by atoms with van der Waals surface area (Å²) < 4.78 is 1.87. The number of benzene rings is 3. The van der Waals surface area contributed by atoms with Crippen molar-refractivity contribution in [2.75, 3.05) is 5.32 Å². The fourth-order valence-corrected chi connectivity index (χ4v) is 4.28. The second-order valence-corrected chi connectivity index (χ2v) is 7.89. The number of aromatic nitrogens is 2. The van der Waals surface area contributed by atoms with E-state index in [1.165, 1.54) is 16.7 Å². The predicted molar refractivity (Wildman–Crippen MR) is 120 cm³/mol. The van der Waals surface area contributed by atoms with Gasteiger partial charge in [0.2, 0.25) is 5.91 Å². The number of nitrogens with zero attached hydrogens (tertiary/aromatic N) is 2. The van der Waals surface area contributed by atoms with Crippen LogP contribution in [0.15, 0.2) is 78.9 Å². The van der Waals surface area contributed by atoms with Gasteiger partial charge in [0.15, 0.2) is 0 Å². The summed E-state index contributed by atoms with van der Waals surface area (Å²) in [4.78, 5) is 12.8. The second kappa shape index (κ2) is 7.30. The van der Waals surface area contributed by atoms with Crippen LogP contribution in [0.4, 0.5) is 5.82 Å². The summed E-state index contributed by atoms with van der Waals surface area (Å²) in [7, 11) is 0. The Labute approximate surface area is 176 Å². The lowest BCUT2D eigenvalue weighted by Crippen LogP contribution is -2.25. The number of anilines is 1. The molecule has 0 fully saturated rings. The zero-order valence-corrected chi connectivity index (χ0v) is 17.1. The van der Waals surface area contributed by atoms with Crippen molar-refractivity contribution in [3.8, 4) is 16.9 Å². The van der Waals surface area contributed by atoms with E-state index in [0.29, 0.717) is 6.42 Å². The molecule has 148 valence electrons. The molecule has 2 heterocycles. The maximum Gasteiger partial charge on any atom is 0.226 e. The van der Waals surface area contributed by atoms with Gasteiger partial charge in [0.1, 0.15) is 5.82 Å². The molecule has 1 aliphatic heterocycles. The van der Waals surface area contributed by atoms with E-state index < -0.39 is 0 Å². The van der Waals surface area contributed by atoms with E-state index in [2.05, 4.69) is 55.6 Å². The van der Waals surface area contributed by atoms with E-state index in [4.69, 9.17) is 5.10 Å². The summed E-state index contributed by atoms with van der Waals surface area (Å²) >= 11 is 0. The molecule has 4 heteroatoms. The van der Waals surface area contributed by atoms with E-state index in [1.54, 1.807) is 0 Å². The van der Waals surface area contributed by atoms with Gasteiger partial charge in [0.25, 0.3) is 0 Å². The number of fused-ring (bicyclic) bond motifs is 1. The van der Waals surface area contributed by atoms with Gasteiger partial charge in [-0.05, 0) is 37.1 Å². The number of amides is 1. The number of aryl methyl sites for hydroxylation is 2. The Bertz CT molecular complexity index is 1220. The van der Waals surface area contributed by atoms with Crippen LogP contribution in [0.2, 0.25) is 0 Å². The van der Waals surface area contributed by atoms with Crippen LogP contribution in [0.3, 0.4) is 0 Å². The number of nitrogens with one attached hydrogen (secondary N) is 1. The summed E-state index contributed by atoms with van der Waals surface area (Å²) in [6.07, 6.45) is 0.414. The van der Waals surface area contributed by atoms with Crippen molar-refractivity contribution in [1.29, 1.82) is 0 Å². The van der Waals surface area contributed by atoms with Crippen LogP contribution in [-0.2, 0) is 4.79 Å². The standard InChI is InChI=1S/C26H23N3O/c1-17-12-14-20(15-13-17)29-26-24(25(28-29)19-9-4-3-5-10-19)22(16-23(30)27-26)21-11-7-6-8-18(21)2/h3-15,22H,16H2,1-2H3,(H,27,30)/t22-/m0/s1. The van der Waals surface area contributed by atoms with Crippen LogP contribution >= 0.6 is 0 Å². The first-order valence-corrected chi connectivity index (χ1v) is 10.2. The minimum atomic E-state index is -0.0376. The Morgan fingerprint density at radius 2 is 1.60 bits per heavy atom. The molecule has 0 unspecified atom stereocenters. The van der Waals surface area contributed by atoms with Crippen LogP contribution in [0, 0.1) is 13.8 Å². The van der Waals surface area contributed by atoms with Crippen molar-refractivity contribution in [3.63, 3.8) is 0 Å². The number of carbonyl (C=O) groups excluding carboxylic acids is 1. The van der Waals surface area contributed by atoms with Crippen LogP contribution in [0.1, 0.15) is 34.6 Å². The molecule has 3 aromatic carbocycles. The molecule has 1 aromatic heterocycles. The number of rotatable bonds is 3. The van der Waals surface area contributed by atoms with Crippen LogP contribution in [-0.4, -0.2) is 15.7 Å². The first-order chi connectivity index (χ1) is 14.6. The molecule has 1 amide bonds. The molecule has 0 aliphatic carbocycles. The Kier molecular flexibility index (Phi) is 4.47. The van der Waals surface area contributed by atoms with Crippen molar-refractivity contribution in [2.45, 2.75) is 26.2 Å². The molecule has 0 radical (unpaired) electrons. The van der Waals surface area contributed by atoms with E-state index >= 15 is 0 Å². The number of carbonyl (C=O) groups is 1. The van der Waals surface area contributed by atoms with Crippen molar-refractivity contribution in [1.82, 2.24) is 9.78 Å². The molecule has 5 rings (SSSR count). The average molecular weight is 393 g/mol. The third-order valence-corrected chi connectivity index (χ3v) is 5.81. The van der Waals surface area contributed by atoms with Gasteiger partial charge in [0, 0.05) is 23.5 Å². The molecule has 0 saturated heterocycles. The Balaban J connectivity index is 1.79. The van der Waals surface area contributed by atoms with Crippen molar-refractivity contribution >= 4 is 11.7 Å². The van der Waals surface area contributed by atoms with Gasteiger partial charge >= 0.3 is 0 Å². The molecule has 0 saturated carbocycles. The summed E-state index contributed by atoms with van der Waals surface area (Å²) in [5, 5.41) is 8.12. The normalized spacial score (nSPS) is 15.5. The lowest BCUT2D eigenvalue weighted by molar-refractivity contribution is -0.116. The van der Waals surface area contributed by atoms with Gasteiger partial charge < -0.3 is 5.32 Å². The number of hydrogen-bond donors (Lipinski definition) is 1. The van der Waals surface area contributed by atoms with Crippen LogP contribution < -0.4 is 5.32 Å². The Hall–Kier alpha value is -3.66. The number of hydrogen-bond acceptors (Lipinski definition) is 2. The highest BCUT2D eigenvalue weighted by Crippen LogP contribution is 2.44. The van der Waals surface area contributed by atoms with Gasteiger partial charge in [-0.25, -0.2) is 4.68 Å². The molecule has 1 aliphatic rings. The fraction of sp³-hybridized carbons (Fsp3) is 0.154. The van der Waals surface area contributed by atoms with Crippen molar-refractivity contribution < 1.29 is 4.79 Å². The highest BCUT2D eigenvalue weighted by molar-refractivity contribution is 5.96. The topological polar surface area (TPSA) is 46.9 Å². The maximum absolute atomic E-state index is 12.8. The zero-order chi connectivity index (χ0) is 20.7. The van der Waals surface area contributed by atoms with Crippen LogP contribution in [0.25, 0.3) is 16.9 Å². The molecule has 4 nitrogen and oxygen atoms in total. The first-order valence-electron chi connectivity index (χ1n) is 10.2. The smallest absolute Gasteiger partial charge is 0.226 e. The summed E-state index contributed by atoms with van der Waals surface area (Å²) in [6.45, 7) is 4.17.